The Morgan fingerprint density at radius 1 is 1.21 bits per heavy atom. The van der Waals surface area contributed by atoms with Gasteiger partial charge in [-0.15, -0.1) is 0 Å². The van der Waals surface area contributed by atoms with Crippen LogP contribution in [0, 0.1) is 0 Å². The van der Waals surface area contributed by atoms with Crippen LogP contribution in [0.1, 0.15) is 43.6 Å². The highest BCUT2D eigenvalue weighted by Crippen LogP contribution is 2.27. The van der Waals surface area contributed by atoms with Gasteiger partial charge in [0, 0.05) is 33.3 Å². The van der Waals surface area contributed by atoms with Crippen LogP contribution in [-0.2, 0) is 6.61 Å². The summed E-state index contributed by atoms with van der Waals surface area (Å²) in [5.74, 6) is -0.168. The molecule has 1 aromatic carbocycles. The average molecular weight is 304 g/mol. The number of carbonyl (C=O) groups is 1. The zero-order valence-electron chi connectivity index (χ0n) is 11.6. The predicted octanol–water partition coefficient (Wildman–Crippen LogP) is 3.74. The van der Waals surface area contributed by atoms with Crippen LogP contribution in [0.3, 0.4) is 0 Å². The largest absolute Gasteiger partial charge is 0.392 e. The van der Waals surface area contributed by atoms with Crippen molar-refractivity contribution in [3.63, 3.8) is 0 Å². The van der Waals surface area contributed by atoms with Gasteiger partial charge in [-0.1, -0.05) is 23.2 Å². The zero-order chi connectivity index (χ0) is 14.7. The van der Waals surface area contributed by atoms with Gasteiger partial charge in [0.1, 0.15) is 0 Å². The first kappa shape index (κ1) is 16.3. The molecule has 0 heterocycles. The number of halogens is 2. The van der Waals surface area contributed by atoms with Gasteiger partial charge in [0.15, 0.2) is 0 Å². The molecule has 1 amide bonds. The van der Waals surface area contributed by atoms with Gasteiger partial charge in [0.25, 0.3) is 5.91 Å². The van der Waals surface area contributed by atoms with Crippen molar-refractivity contribution in [3.8, 4) is 0 Å². The van der Waals surface area contributed by atoms with Gasteiger partial charge in [-0.2, -0.15) is 0 Å². The second-order valence-corrected chi connectivity index (χ2v) is 5.82. The van der Waals surface area contributed by atoms with E-state index in [-0.39, 0.29) is 24.6 Å². The summed E-state index contributed by atoms with van der Waals surface area (Å²) in [7, 11) is 0. The first-order valence-electron chi connectivity index (χ1n) is 6.21. The Morgan fingerprint density at radius 2 is 1.74 bits per heavy atom. The summed E-state index contributed by atoms with van der Waals surface area (Å²) in [5.41, 5.74) is 0.782. The summed E-state index contributed by atoms with van der Waals surface area (Å²) in [6.45, 7) is 7.50. The lowest BCUT2D eigenvalue weighted by Gasteiger charge is -2.31. The third-order valence-corrected chi connectivity index (χ3v) is 3.45. The number of nitrogens with zero attached hydrogens (tertiary/aromatic N) is 1. The Hall–Kier alpha value is -0.770. The van der Waals surface area contributed by atoms with Gasteiger partial charge < -0.3 is 10.0 Å². The third-order valence-electron chi connectivity index (χ3n) is 2.90. The second-order valence-electron chi connectivity index (χ2n) is 4.97. The van der Waals surface area contributed by atoms with Crippen LogP contribution in [0.5, 0.6) is 0 Å². The average Bonchev–Trinajstić information content (AvgIpc) is 2.26. The molecule has 0 unspecified atom stereocenters. The van der Waals surface area contributed by atoms with Crippen LogP contribution in [0.25, 0.3) is 0 Å². The highest BCUT2D eigenvalue weighted by molar-refractivity contribution is 6.35. The Bertz CT molecular complexity index is 465. The maximum absolute atomic E-state index is 12.6. The van der Waals surface area contributed by atoms with Gasteiger partial charge in [0.05, 0.1) is 6.61 Å². The summed E-state index contributed by atoms with van der Waals surface area (Å²) in [6.07, 6.45) is 0. The van der Waals surface area contributed by atoms with Crippen LogP contribution >= 0.6 is 23.2 Å². The van der Waals surface area contributed by atoms with Crippen molar-refractivity contribution in [1.29, 1.82) is 0 Å². The van der Waals surface area contributed by atoms with Gasteiger partial charge in [0.2, 0.25) is 0 Å². The fourth-order valence-corrected chi connectivity index (χ4v) is 2.71. The number of hydrogen-bond acceptors (Lipinski definition) is 2. The third kappa shape index (κ3) is 3.62. The predicted molar refractivity (Wildman–Crippen MR) is 78.8 cm³/mol. The van der Waals surface area contributed by atoms with E-state index >= 15 is 0 Å². The first-order valence-corrected chi connectivity index (χ1v) is 6.96. The maximum atomic E-state index is 12.6. The van der Waals surface area contributed by atoms with E-state index in [4.69, 9.17) is 23.2 Å². The van der Waals surface area contributed by atoms with Crippen LogP contribution < -0.4 is 0 Å². The number of amides is 1. The summed E-state index contributed by atoms with van der Waals surface area (Å²) < 4.78 is 0. The standard InChI is InChI=1S/C14H19Cl2NO2/c1-8(2)17(9(3)4)14(19)11-5-10(15)6-13(16)12(11)7-18/h5-6,8-9,18H,7H2,1-4H3. The molecule has 1 N–H and O–H groups in total. The summed E-state index contributed by atoms with van der Waals surface area (Å²) in [4.78, 5) is 14.3. The Labute approximate surface area is 124 Å². The maximum Gasteiger partial charge on any atom is 0.254 e. The lowest BCUT2D eigenvalue weighted by atomic mass is 10.0. The summed E-state index contributed by atoms with van der Waals surface area (Å²) in [5, 5.41) is 10.1. The van der Waals surface area contributed by atoms with Crippen LogP contribution in [0.2, 0.25) is 10.0 Å². The minimum absolute atomic E-state index is 0.0526. The molecule has 0 bridgehead atoms. The molecule has 19 heavy (non-hydrogen) atoms. The number of hydrogen-bond donors (Lipinski definition) is 1. The molecule has 0 aromatic heterocycles. The van der Waals surface area contributed by atoms with E-state index in [1.807, 2.05) is 27.7 Å². The molecule has 1 aromatic rings. The van der Waals surface area contributed by atoms with Crippen molar-refractivity contribution in [1.82, 2.24) is 4.90 Å². The molecule has 0 aliphatic heterocycles. The lowest BCUT2D eigenvalue weighted by molar-refractivity contribution is 0.0640. The number of benzene rings is 1. The molecule has 0 radical (unpaired) electrons. The van der Waals surface area contributed by atoms with Crippen LogP contribution in [-0.4, -0.2) is 28.0 Å². The Morgan fingerprint density at radius 3 is 2.16 bits per heavy atom. The van der Waals surface area contributed by atoms with Crippen molar-refractivity contribution in [3.05, 3.63) is 33.3 Å². The lowest BCUT2D eigenvalue weighted by Crippen LogP contribution is -2.42. The normalized spacial score (nSPS) is 11.2. The zero-order valence-corrected chi connectivity index (χ0v) is 13.1. The molecule has 0 fully saturated rings. The highest BCUT2D eigenvalue weighted by Gasteiger charge is 2.25. The van der Waals surface area contributed by atoms with Crippen molar-refractivity contribution in [2.75, 3.05) is 0 Å². The topological polar surface area (TPSA) is 40.5 Å². The number of aliphatic hydroxyl groups is 1. The van der Waals surface area contributed by atoms with E-state index in [1.54, 1.807) is 11.0 Å². The van der Waals surface area contributed by atoms with E-state index in [0.717, 1.165) is 0 Å². The Kier molecular flexibility index (Phi) is 5.65. The molecule has 0 saturated carbocycles. The van der Waals surface area contributed by atoms with Crippen molar-refractivity contribution >= 4 is 29.1 Å². The molecule has 0 aliphatic rings. The van der Waals surface area contributed by atoms with Crippen LogP contribution in [0.15, 0.2) is 12.1 Å². The first-order chi connectivity index (χ1) is 8.79. The smallest absolute Gasteiger partial charge is 0.254 e. The fraction of sp³-hybridized carbons (Fsp3) is 0.500. The molecule has 0 spiro atoms. The summed E-state index contributed by atoms with van der Waals surface area (Å²) in [6, 6.07) is 3.19. The van der Waals surface area contributed by atoms with E-state index in [0.29, 0.717) is 21.2 Å². The molecular weight excluding hydrogens is 285 g/mol. The second kappa shape index (κ2) is 6.60. The van der Waals surface area contributed by atoms with Crippen molar-refractivity contribution < 1.29 is 9.90 Å². The SMILES string of the molecule is CC(C)N(C(=O)c1cc(Cl)cc(Cl)c1CO)C(C)C. The molecule has 0 atom stereocenters. The van der Waals surface area contributed by atoms with Gasteiger partial charge >= 0.3 is 0 Å². The van der Waals surface area contributed by atoms with E-state index in [9.17, 15) is 9.90 Å². The van der Waals surface area contributed by atoms with Gasteiger partial charge in [-0.3, -0.25) is 4.79 Å². The minimum Gasteiger partial charge on any atom is -0.392 e. The van der Waals surface area contributed by atoms with Crippen LogP contribution in [0.4, 0.5) is 0 Å². The van der Waals surface area contributed by atoms with E-state index in [1.165, 1.54) is 6.07 Å². The molecule has 0 aliphatic carbocycles. The van der Waals surface area contributed by atoms with Crippen molar-refractivity contribution in [2.24, 2.45) is 0 Å². The highest BCUT2D eigenvalue weighted by atomic mass is 35.5. The van der Waals surface area contributed by atoms with E-state index < -0.39 is 0 Å². The number of carbonyl (C=O) groups excluding carboxylic acids is 1. The summed E-state index contributed by atoms with van der Waals surface area (Å²) >= 11 is 12.0. The molecule has 1 rings (SSSR count). The van der Waals surface area contributed by atoms with Gasteiger partial charge in [-0.05, 0) is 39.8 Å². The molecule has 106 valence electrons. The number of rotatable bonds is 4. The van der Waals surface area contributed by atoms with Crippen molar-refractivity contribution in [2.45, 2.75) is 46.4 Å². The Balaban J connectivity index is 3.32. The number of aliphatic hydroxyl groups excluding tert-OH is 1. The minimum atomic E-state index is -0.291. The van der Waals surface area contributed by atoms with E-state index in [2.05, 4.69) is 0 Å². The monoisotopic (exact) mass is 303 g/mol. The molecule has 3 nitrogen and oxygen atoms in total. The van der Waals surface area contributed by atoms with Gasteiger partial charge in [-0.25, -0.2) is 0 Å². The quantitative estimate of drug-likeness (QED) is 0.920. The molecular formula is C14H19Cl2NO2. The fourth-order valence-electron chi connectivity index (χ4n) is 2.16. The molecule has 5 heteroatoms. The molecule has 0 saturated heterocycles.